The number of benzene rings is 2. The van der Waals surface area contributed by atoms with Crippen LogP contribution in [0.1, 0.15) is 36.3 Å². The van der Waals surface area contributed by atoms with E-state index in [0.717, 1.165) is 50.7 Å². The van der Waals surface area contributed by atoms with Gasteiger partial charge in [-0.15, -0.1) is 0 Å². The molecule has 0 spiro atoms. The van der Waals surface area contributed by atoms with Crippen LogP contribution in [-0.4, -0.2) is 15.8 Å². The van der Waals surface area contributed by atoms with Gasteiger partial charge in [0.2, 0.25) is 0 Å². The van der Waals surface area contributed by atoms with E-state index < -0.39 is 0 Å². The van der Waals surface area contributed by atoms with Crippen LogP contribution in [0.25, 0.3) is 33.1 Å². The van der Waals surface area contributed by atoms with Crippen molar-refractivity contribution in [1.29, 1.82) is 0 Å². The summed E-state index contributed by atoms with van der Waals surface area (Å²) in [6.45, 7) is 4.30. The number of pyridine rings is 1. The molecule has 1 aliphatic rings. The van der Waals surface area contributed by atoms with Gasteiger partial charge in [0.15, 0.2) is 5.78 Å². The van der Waals surface area contributed by atoms with Crippen molar-refractivity contribution >= 4 is 27.6 Å². The van der Waals surface area contributed by atoms with Gasteiger partial charge in [0, 0.05) is 33.8 Å². The molecule has 128 valence electrons. The zero-order chi connectivity index (χ0) is 17.9. The summed E-state index contributed by atoms with van der Waals surface area (Å²) in [5.41, 5.74) is 5.71. The maximum Gasteiger partial charge on any atom is 0.165 e. The zero-order valence-electron chi connectivity index (χ0n) is 15.0. The molecule has 3 nitrogen and oxygen atoms in total. The second kappa shape index (κ2) is 5.28. The van der Waals surface area contributed by atoms with Gasteiger partial charge in [-0.05, 0) is 17.9 Å². The molecular weight excluding hydrogens is 320 g/mol. The summed E-state index contributed by atoms with van der Waals surface area (Å²) in [6.07, 6.45) is 1.39. The highest BCUT2D eigenvalue weighted by atomic mass is 16.1. The molecule has 0 bridgehead atoms. The van der Waals surface area contributed by atoms with Crippen LogP contribution in [0.4, 0.5) is 0 Å². The molecule has 0 unspecified atom stereocenters. The minimum Gasteiger partial charge on any atom is -0.353 e. The van der Waals surface area contributed by atoms with E-state index in [-0.39, 0.29) is 11.2 Å². The molecule has 0 amide bonds. The molecule has 0 saturated heterocycles. The number of para-hydroxylation sites is 1. The third-order valence-electron chi connectivity index (χ3n) is 5.34. The number of rotatable bonds is 1. The third-order valence-corrected chi connectivity index (χ3v) is 5.34. The van der Waals surface area contributed by atoms with Crippen molar-refractivity contribution in [2.24, 2.45) is 5.41 Å². The Morgan fingerprint density at radius 3 is 2.50 bits per heavy atom. The number of fused-ring (bicyclic) bond motifs is 5. The van der Waals surface area contributed by atoms with E-state index in [1.54, 1.807) is 0 Å². The number of nitrogens with zero attached hydrogens (tertiary/aromatic N) is 1. The summed E-state index contributed by atoms with van der Waals surface area (Å²) >= 11 is 0. The number of H-pyrrole nitrogens is 1. The molecule has 3 heteroatoms. The van der Waals surface area contributed by atoms with Crippen molar-refractivity contribution in [3.8, 4) is 11.3 Å². The van der Waals surface area contributed by atoms with Gasteiger partial charge >= 0.3 is 0 Å². The van der Waals surface area contributed by atoms with Crippen molar-refractivity contribution in [2.45, 2.75) is 26.7 Å². The molecule has 2 aromatic carbocycles. The molecule has 2 aromatic heterocycles. The largest absolute Gasteiger partial charge is 0.353 e. The first-order valence-electron chi connectivity index (χ1n) is 9.05. The van der Waals surface area contributed by atoms with E-state index in [1.807, 2.05) is 30.3 Å². The SMILES string of the molecule is CC1(C)CC(=O)c2c(nc(-c3ccccc3)c3[nH]c4ccccc4c23)C1. The number of nitrogens with one attached hydrogen (secondary N) is 1. The molecule has 0 atom stereocenters. The lowest BCUT2D eigenvalue weighted by atomic mass is 9.74. The summed E-state index contributed by atoms with van der Waals surface area (Å²) in [6, 6.07) is 18.4. The fourth-order valence-electron chi connectivity index (χ4n) is 4.24. The second-order valence-corrected chi connectivity index (χ2v) is 8.01. The highest BCUT2D eigenvalue weighted by Gasteiger charge is 2.35. The van der Waals surface area contributed by atoms with E-state index in [0.29, 0.717) is 6.42 Å². The standard InChI is InChI=1S/C23H20N2O/c1-23(2)12-17-20(18(26)13-23)19-15-10-6-7-11-16(15)24-22(19)21(25-17)14-8-4-3-5-9-14/h3-11,24H,12-13H2,1-2H3. The minimum absolute atomic E-state index is 0.0508. The molecule has 2 heterocycles. The number of aromatic nitrogens is 2. The fourth-order valence-corrected chi connectivity index (χ4v) is 4.24. The fraction of sp³-hybridized carbons (Fsp3) is 0.217. The predicted molar refractivity (Wildman–Crippen MR) is 105 cm³/mol. The van der Waals surface area contributed by atoms with E-state index in [2.05, 4.69) is 43.1 Å². The smallest absolute Gasteiger partial charge is 0.165 e. The van der Waals surface area contributed by atoms with E-state index in [4.69, 9.17) is 4.98 Å². The zero-order valence-corrected chi connectivity index (χ0v) is 15.0. The Balaban J connectivity index is 1.95. The highest BCUT2D eigenvalue weighted by Crippen LogP contribution is 2.42. The number of aromatic amines is 1. The number of Topliss-reactive ketones (excluding diaryl/α,β-unsaturated/α-hetero) is 1. The van der Waals surface area contributed by atoms with Gasteiger partial charge in [-0.2, -0.15) is 0 Å². The molecular formula is C23H20N2O. The maximum absolute atomic E-state index is 13.1. The number of carbonyl (C=O) groups excluding carboxylic acids is 1. The van der Waals surface area contributed by atoms with Crippen LogP contribution in [0.5, 0.6) is 0 Å². The molecule has 0 aliphatic heterocycles. The number of carbonyl (C=O) groups is 1. The van der Waals surface area contributed by atoms with E-state index in [1.165, 1.54) is 0 Å². The Labute approximate surface area is 152 Å². The van der Waals surface area contributed by atoms with Crippen LogP contribution < -0.4 is 0 Å². The second-order valence-electron chi connectivity index (χ2n) is 8.01. The molecule has 0 saturated carbocycles. The van der Waals surface area contributed by atoms with Crippen LogP contribution in [0, 0.1) is 5.41 Å². The Hall–Kier alpha value is -2.94. The van der Waals surface area contributed by atoms with Crippen molar-refractivity contribution in [3.05, 3.63) is 65.9 Å². The maximum atomic E-state index is 13.1. The average Bonchev–Trinajstić information content (AvgIpc) is 3.00. The van der Waals surface area contributed by atoms with Crippen LogP contribution in [0.3, 0.4) is 0 Å². The van der Waals surface area contributed by atoms with Gasteiger partial charge in [-0.25, -0.2) is 4.98 Å². The highest BCUT2D eigenvalue weighted by molar-refractivity contribution is 6.21. The number of ketones is 1. The Kier molecular flexibility index (Phi) is 3.11. The van der Waals surface area contributed by atoms with E-state index >= 15 is 0 Å². The Morgan fingerprint density at radius 2 is 1.69 bits per heavy atom. The summed E-state index contributed by atoms with van der Waals surface area (Å²) in [7, 11) is 0. The number of hydrogen-bond donors (Lipinski definition) is 1. The van der Waals surface area contributed by atoms with Gasteiger partial charge in [-0.3, -0.25) is 4.79 Å². The monoisotopic (exact) mass is 340 g/mol. The van der Waals surface area contributed by atoms with Crippen LogP contribution in [0.15, 0.2) is 54.6 Å². The normalized spacial score (nSPS) is 16.2. The van der Waals surface area contributed by atoms with E-state index in [9.17, 15) is 4.79 Å². The first-order chi connectivity index (χ1) is 12.5. The summed E-state index contributed by atoms with van der Waals surface area (Å²) in [4.78, 5) is 21.6. The van der Waals surface area contributed by atoms with Gasteiger partial charge in [0.1, 0.15) is 0 Å². The molecule has 1 aliphatic carbocycles. The molecule has 0 radical (unpaired) electrons. The quantitative estimate of drug-likeness (QED) is 0.494. The number of hydrogen-bond acceptors (Lipinski definition) is 2. The molecule has 26 heavy (non-hydrogen) atoms. The molecule has 1 N–H and O–H groups in total. The topological polar surface area (TPSA) is 45.8 Å². The summed E-state index contributed by atoms with van der Waals surface area (Å²) in [5.74, 6) is 0.207. The van der Waals surface area contributed by atoms with Crippen LogP contribution >= 0.6 is 0 Å². The first-order valence-corrected chi connectivity index (χ1v) is 9.05. The third kappa shape index (κ3) is 2.20. The van der Waals surface area contributed by atoms with Crippen molar-refractivity contribution in [3.63, 3.8) is 0 Å². The minimum atomic E-state index is -0.0508. The van der Waals surface area contributed by atoms with Crippen molar-refractivity contribution in [1.82, 2.24) is 9.97 Å². The van der Waals surface area contributed by atoms with Gasteiger partial charge in [-0.1, -0.05) is 62.4 Å². The first kappa shape index (κ1) is 15.3. The van der Waals surface area contributed by atoms with Crippen LogP contribution in [0.2, 0.25) is 0 Å². The van der Waals surface area contributed by atoms with Crippen molar-refractivity contribution < 1.29 is 4.79 Å². The lowest BCUT2D eigenvalue weighted by Crippen LogP contribution is -2.28. The lowest BCUT2D eigenvalue weighted by molar-refractivity contribution is 0.0912. The molecule has 0 fully saturated rings. The lowest BCUT2D eigenvalue weighted by Gasteiger charge is -2.30. The summed E-state index contributed by atoms with van der Waals surface area (Å²) in [5, 5.41) is 2.14. The van der Waals surface area contributed by atoms with Crippen molar-refractivity contribution in [2.75, 3.05) is 0 Å². The Bertz CT molecular complexity index is 1170. The van der Waals surface area contributed by atoms with Gasteiger partial charge in [0.05, 0.1) is 16.9 Å². The van der Waals surface area contributed by atoms with Crippen LogP contribution in [-0.2, 0) is 6.42 Å². The molecule has 4 aromatic rings. The molecule has 5 rings (SSSR count). The summed E-state index contributed by atoms with van der Waals surface area (Å²) < 4.78 is 0. The van der Waals surface area contributed by atoms with Gasteiger partial charge in [0.25, 0.3) is 0 Å². The Morgan fingerprint density at radius 1 is 0.962 bits per heavy atom. The average molecular weight is 340 g/mol. The van der Waals surface area contributed by atoms with Gasteiger partial charge < -0.3 is 4.98 Å². The predicted octanol–water partition coefficient (Wildman–Crippen LogP) is 5.54.